The molecule has 2 aliphatic heterocycles. The smallest absolute Gasteiger partial charge is 0.350 e. The third kappa shape index (κ3) is 2.33. The summed E-state index contributed by atoms with van der Waals surface area (Å²) in [6.07, 6.45) is -5.41. The molecule has 0 amide bonds. The maximum atomic E-state index is 11.9. The molecule has 7 nitrogen and oxygen atoms in total. The van der Waals surface area contributed by atoms with Gasteiger partial charge in [0.25, 0.3) is 0 Å². The molecule has 2 saturated heterocycles. The van der Waals surface area contributed by atoms with E-state index in [0.29, 0.717) is 6.42 Å². The van der Waals surface area contributed by atoms with Crippen LogP contribution in [0.2, 0.25) is 0 Å². The number of aliphatic hydroxyl groups excluding tert-OH is 2. The largest absolute Gasteiger partial charge is 0.454 e. The summed E-state index contributed by atoms with van der Waals surface area (Å²) in [6.45, 7) is 5.23. The van der Waals surface area contributed by atoms with Gasteiger partial charge in [-0.05, 0) is 20.3 Å². The molecule has 2 fully saturated rings. The lowest BCUT2D eigenvalue weighted by molar-refractivity contribution is -0.185. The van der Waals surface area contributed by atoms with E-state index in [9.17, 15) is 19.8 Å². The second-order valence-electron chi connectivity index (χ2n) is 5.45. The maximum absolute atomic E-state index is 11.9. The Balaban J connectivity index is 2.09. The molecule has 19 heavy (non-hydrogen) atoms. The molecule has 5 unspecified atom stereocenters. The van der Waals surface area contributed by atoms with Crippen molar-refractivity contribution in [2.75, 3.05) is 0 Å². The Kier molecular flexibility index (Phi) is 3.55. The van der Waals surface area contributed by atoms with Crippen LogP contribution in [0.5, 0.6) is 0 Å². The zero-order valence-corrected chi connectivity index (χ0v) is 11.0. The predicted molar refractivity (Wildman–Crippen MR) is 60.7 cm³/mol. The lowest BCUT2D eigenvalue weighted by Crippen LogP contribution is -2.39. The van der Waals surface area contributed by atoms with Gasteiger partial charge in [-0.2, -0.15) is 0 Å². The minimum absolute atomic E-state index is 0.544. The van der Waals surface area contributed by atoms with Crippen molar-refractivity contribution in [3.05, 3.63) is 0 Å². The van der Waals surface area contributed by atoms with Crippen molar-refractivity contribution < 1.29 is 34.0 Å². The second kappa shape index (κ2) is 4.73. The number of rotatable bonds is 3. The van der Waals surface area contributed by atoms with Gasteiger partial charge in [-0.1, -0.05) is 6.92 Å². The molecule has 2 rings (SSSR count). The van der Waals surface area contributed by atoms with Crippen LogP contribution < -0.4 is 0 Å². The van der Waals surface area contributed by atoms with Crippen molar-refractivity contribution in [2.45, 2.75) is 57.9 Å². The lowest BCUT2D eigenvalue weighted by atomic mass is 9.90. The third-order valence-electron chi connectivity index (χ3n) is 3.70. The van der Waals surface area contributed by atoms with E-state index < -0.39 is 48.1 Å². The highest BCUT2D eigenvalue weighted by Crippen LogP contribution is 2.34. The van der Waals surface area contributed by atoms with Crippen molar-refractivity contribution >= 4 is 11.9 Å². The van der Waals surface area contributed by atoms with Gasteiger partial charge in [-0.3, -0.25) is 4.79 Å². The monoisotopic (exact) mass is 274 g/mol. The number of carbonyl (C=O) groups excluding carboxylic acids is 2. The quantitative estimate of drug-likeness (QED) is 0.658. The molecule has 0 radical (unpaired) electrons. The Hall–Kier alpha value is -1.18. The summed E-state index contributed by atoms with van der Waals surface area (Å²) < 4.78 is 15.0. The summed E-state index contributed by atoms with van der Waals surface area (Å²) in [5.41, 5.74) is -0.728. The van der Waals surface area contributed by atoms with Crippen LogP contribution in [0, 0.1) is 5.41 Å². The molecule has 0 saturated carbocycles. The summed E-state index contributed by atoms with van der Waals surface area (Å²) in [7, 11) is 0. The van der Waals surface area contributed by atoms with E-state index in [2.05, 4.69) is 0 Å². The van der Waals surface area contributed by atoms with Crippen LogP contribution in [0.4, 0.5) is 0 Å². The third-order valence-corrected chi connectivity index (χ3v) is 3.70. The van der Waals surface area contributed by atoms with Crippen LogP contribution in [0.15, 0.2) is 0 Å². The Morgan fingerprint density at radius 1 is 1.37 bits per heavy atom. The van der Waals surface area contributed by atoms with E-state index >= 15 is 0 Å². The normalized spacial score (nSPS) is 37.9. The summed E-state index contributed by atoms with van der Waals surface area (Å²) in [4.78, 5) is 23.6. The molecule has 5 atom stereocenters. The number of carbonyl (C=O) groups is 2. The van der Waals surface area contributed by atoms with Gasteiger partial charge in [0.05, 0.1) is 5.41 Å². The van der Waals surface area contributed by atoms with Crippen molar-refractivity contribution in [3.8, 4) is 0 Å². The van der Waals surface area contributed by atoms with Crippen molar-refractivity contribution in [1.82, 2.24) is 0 Å². The molecule has 0 bridgehead atoms. The average molecular weight is 274 g/mol. The van der Waals surface area contributed by atoms with Crippen LogP contribution in [0.25, 0.3) is 0 Å². The number of aliphatic hydroxyl groups is 2. The zero-order chi connectivity index (χ0) is 14.4. The van der Waals surface area contributed by atoms with E-state index in [1.54, 1.807) is 13.8 Å². The Labute approximate surface area is 110 Å². The molecular formula is C12H18O7. The highest BCUT2D eigenvalue weighted by molar-refractivity contribution is 5.84. The fraction of sp³-hybridized carbons (Fsp3) is 0.833. The summed E-state index contributed by atoms with van der Waals surface area (Å²) >= 11 is 0. The molecule has 2 N–H and O–H groups in total. The Morgan fingerprint density at radius 3 is 2.58 bits per heavy atom. The fourth-order valence-electron chi connectivity index (χ4n) is 1.93. The van der Waals surface area contributed by atoms with Crippen molar-refractivity contribution in [1.29, 1.82) is 0 Å². The van der Waals surface area contributed by atoms with Crippen LogP contribution >= 0.6 is 0 Å². The molecule has 0 spiro atoms. The van der Waals surface area contributed by atoms with Crippen molar-refractivity contribution in [3.63, 3.8) is 0 Å². The minimum Gasteiger partial charge on any atom is -0.454 e. The molecule has 2 aliphatic rings. The number of hydrogen-bond acceptors (Lipinski definition) is 7. The second-order valence-corrected chi connectivity index (χ2v) is 5.45. The average Bonchev–Trinajstić information content (AvgIpc) is 2.79. The van der Waals surface area contributed by atoms with Crippen LogP contribution in [-0.2, 0) is 23.8 Å². The van der Waals surface area contributed by atoms with Crippen LogP contribution in [-0.4, -0.2) is 52.9 Å². The number of fused-ring (bicyclic) bond motifs is 1. The summed E-state index contributed by atoms with van der Waals surface area (Å²) in [5.74, 6) is -1.31. The van der Waals surface area contributed by atoms with Gasteiger partial charge in [0.1, 0.15) is 12.2 Å². The first-order valence-corrected chi connectivity index (χ1v) is 6.21. The van der Waals surface area contributed by atoms with E-state index in [0.717, 1.165) is 0 Å². The standard InChI is InChI=1S/C12H18O7/c1-4-12(2,3)11(16)19-8-7-6(17-10(8)15)5(13)9(14)18-7/h5-9,13-14H,4H2,1-3H3. The van der Waals surface area contributed by atoms with Gasteiger partial charge >= 0.3 is 11.9 Å². The minimum atomic E-state index is -1.44. The van der Waals surface area contributed by atoms with Gasteiger partial charge < -0.3 is 24.4 Å². The summed E-state index contributed by atoms with van der Waals surface area (Å²) in [5, 5.41) is 18.9. The number of hydrogen-bond donors (Lipinski definition) is 2. The highest BCUT2D eigenvalue weighted by atomic mass is 16.7. The first kappa shape index (κ1) is 14.2. The van der Waals surface area contributed by atoms with Gasteiger partial charge in [0.2, 0.25) is 6.10 Å². The number of ether oxygens (including phenoxy) is 3. The van der Waals surface area contributed by atoms with Crippen LogP contribution in [0.1, 0.15) is 27.2 Å². The lowest BCUT2D eigenvalue weighted by Gasteiger charge is -2.23. The first-order chi connectivity index (χ1) is 8.77. The molecule has 7 heteroatoms. The molecule has 0 aromatic rings. The van der Waals surface area contributed by atoms with Gasteiger partial charge in [0, 0.05) is 0 Å². The predicted octanol–water partition coefficient (Wildman–Crippen LogP) is -0.662. The molecule has 2 heterocycles. The molecule has 0 aliphatic carbocycles. The highest BCUT2D eigenvalue weighted by Gasteiger charge is 2.58. The van der Waals surface area contributed by atoms with E-state index in [-0.39, 0.29) is 0 Å². The molecule has 0 aromatic heterocycles. The first-order valence-electron chi connectivity index (χ1n) is 6.21. The van der Waals surface area contributed by atoms with Gasteiger partial charge in [-0.15, -0.1) is 0 Å². The maximum Gasteiger partial charge on any atom is 0.350 e. The Morgan fingerprint density at radius 2 is 2.00 bits per heavy atom. The van der Waals surface area contributed by atoms with E-state index in [1.807, 2.05) is 6.92 Å². The SMILES string of the molecule is CCC(C)(C)C(=O)OC1C(=O)OC2C(O)C(O)OC12. The van der Waals surface area contributed by atoms with Crippen LogP contribution in [0.3, 0.4) is 0 Å². The van der Waals surface area contributed by atoms with E-state index in [1.165, 1.54) is 0 Å². The van der Waals surface area contributed by atoms with Gasteiger partial charge in [-0.25, -0.2) is 4.79 Å². The summed E-state index contributed by atoms with van der Waals surface area (Å²) in [6, 6.07) is 0. The molecule has 108 valence electrons. The number of esters is 2. The van der Waals surface area contributed by atoms with Crippen molar-refractivity contribution in [2.24, 2.45) is 5.41 Å². The van der Waals surface area contributed by atoms with E-state index in [4.69, 9.17) is 14.2 Å². The topological polar surface area (TPSA) is 102 Å². The zero-order valence-electron chi connectivity index (χ0n) is 11.0. The molecule has 0 aromatic carbocycles. The molecular weight excluding hydrogens is 256 g/mol. The Bertz CT molecular complexity index is 392. The van der Waals surface area contributed by atoms with Gasteiger partial charge in [0.15, 0.2) is 12.4 Å². The fourth-order valence-corrected chi connectivity index (χ4v) is 1.93.